The van der Waals surface area contributed by atoms with E-state index in [4.69, 9.17) is 14.2 Å². The van der Waals surface area contributed by atoms with Gasteiger partial charge in [-0.15, -0.1) is 0 Å². The minimum absolute atomic E-state index is 0.0593. The summed E-state index contributed by atoms with van der Waals surface area (Å²) >= 11 is 3.42. The van der Waals surface area contributed by atoms with Crippen LogP contribution >= 0.6 is 15.9 Å². The van der Waals surface area contributed by atoms with Gasteiger partial charge in [-0.2, -0.15) is 5.26 Å². The maximum atomic E-state index is 12.9. The standard InChI is InChI=1S/C32H27BrN2O4/c1-22-3-5-23(6-4-22)21-39-31-18-30(37-2)14-9-25(31)17-26(19-34)32(36)35-28-12-15-29(16-13-28)38-20-24-7-10-27(33)11-8-24/h3-18H,20-21H2,1-2H3,(H,35,36)/b26-17+. The van der Waals surface area contributed by atoms with Crippen LogP contribution in [0.15, 0.2) is 101 Å². The van der Waals surface area contributed by atoms with E-state index in [1.165, 1.54) is 6.08 Å². The van der Waals surface area contributed by atoms with Crippen LogP contribution in [0.25, 0.3) is 6.08 Å². The molecule has 0 aliphatic heterocycles. The van der Waals surface area contributed by atoms with E-state index >= 15 is 0 Å². The van der Waals surface area contributed by atoms with Gasteiger partial charge in [-0.05, 0) is 72.7 Å². The van der Waals surface area contributed by atoms with Crippen molar-refractivity contribution in [1.82, 2.24) is 0 Å². The van der Waals surface area contributed by atoms with Gasteiger partial charge in [0.2, 0.25) is 0 Å². The molecule has 6 nitrogen and oxygen atoms in total. The van der Waals surface area contributed by atoms with E-state index < -0.39 is 5.91 Å². The molecule has 0 saturated carbocycles. The molecule has 4 rings (SSSR count). The summed E-state index contributed by atoms with van der Waals surface area (Å²) in [7, 11) is 1.57. The summed E-state index contributed by atoms with van der Waals surface area (Å²) in [5.41, 5.74) is 4.28. The molecule has 0 unspecified atom stereocenters. The summed E-state index contributed by atoms with van der Waals surface area (Å²) in [6.07, 6.45) is 1.51. The van der Waals surface area contributed by atoms with Crippen molar-refractivity contribution in [3.63, 3.8) is 0 Å². The van der Waals surface area contributed by atoms with Gasteiger partial charge >= 0.3 is 0 Å². The zero-order chi connectivity index (χ0) is 27.6. The Kier molecular flexibility index (Phi) is 9.39. The molecule has 0 spiro atoms. The van der Waals surface area contributed by atoms with Crippen molar-refractivity contribution in [3.8, 4) is 23.3 Å². The fourth-order valence-corrected chi connectivity index (χ4v) is 3.88. The van der Waals surface area contributed by atoms with Gasteiger partial charge < -0.3 is 19.5 Å². The van der Waals surface area contributed by atoms with Crippen LogP contribution in [0.1, 0.15) is 22.3 Å². The van der Waals surface area contributed by atoms with Gasteiger partial charge in [-0.25, -0.2) is 0 Å². The maximum Gasteiger partial charge on any atom is 0.266 e. The highest BCUT2D eigenvalue weighted by Gasteiger charge is 2.13. The number of ether oxygens (including phenoxy) is 3. The van der Waals surface area contributed by atoms with E-state index in [-0.39, 0.29) is 5.57 Å². The maximum absolute atomic E-state index is 12.9. The van der Waals surface area contributed by atoms with E-state index in [1.54, 1.807) is 49.6 Å². The number of anilines is 1. The third-order valence-electron chi connectivity index (χ3n) is 5.83. The van der Waals surface area contributed by atoms with Crippen LogP contribution in [-0.2, 0) is 18.0 Å². The molecular formula is C32H27BrN2O4. The molecule has 0 saturated heterocycles. The number of amides is 1. The molecule has 39 heavy (non-hydrogen) atoms. The lowest BCUT2D eigenvalue weighted by atomic mass is 10.1. The Bertz CT molecular complexity index is 1490. The van der Waals surface area contributed by atoms with E-state index in [1.807, 2.05) is 61.5 Å². The van der Waals surface area contributed by atoms with Crippen LogP contribution in [-0.4, -0.2) is 13.0 Å². The number of nitrogens with zero attached hydrogens (tertiary/aromatic N) is 1. The topological polar surface area (TPSA) is 80.6 Å². The highest BCUT2D eigenvalue weighted by molar-refractivity contribution is 9.10. The Hall–Kier alpha value is -4.54. The smallest absolute Gasteiger partial charge is 0.266 e. The summed E-state index contributed by atoms with van der Waals surface area (Å²) in [6.45, 7) is 2.78. The summed E-state index contributed by atoms with van der Waals surface area (Å²) in [4.78, 5) is 12.9. The predicted molar refractivity (Wildman–Crippen MR) is 156 cm³/mol. The lowest BCUT2D eigenvalue weighted by Gasteiger charge is -2.12. The normalized spacial score (nSPS) is 10.9. The highest BCUT2D eigenvalue weighted by atomic mass is 79.9. The molecule has 1 N–H and O–H groups in total. The van der Waals surface area contributed by atoms with Crippen molar-refractivity contribution < 1.29 is 19.0 Å². The van der Waals surface area contributed by atoms with Gasteiger partial charge in [0, 0.05) is 21.8 Å². The SMILES string of the molecule is COc1ccc(/C=C(\C#N)C(=O)Nc2ccc(OCc3ccc(Br)cc3)cc2)c(OCc2ccc(C)cc2)c1. The molecule has 0 aliphatic rings. The fraction of sp³-hybridized carbons (Fsp3) is 0.125. The van der Waals surface area contributed by atoms with E-state index in [2.05, 4.69) is 21.2 Å². The summed E-state index contributed by atoms with van der Waals surface area (Å²) in [6, 6.07) is 30.2. The van der Waals surface area contributed by atoms with Crippen LogP contribution in [0.2, 0.25) is 0 Å². The molecule has 0 atom stereocenters. The number of methoxy groups -OCH3 is 1. The third-order valence-corrected chi connectivity index (χ3v) is 6.36. The highest BCUT2D eigenvalue weighted by Crippen LogP contribution is 2.28. The summed E-state index contributed by atoms with van der Waals surface area (Å²) in [5.74, 6) is 1.25. The molecule has 0 fully saturated rings. The number of aryl methyl sites for hydroxylation is 1. The zero-order valence-electron chi connectivity index (χ0n) is 21.6. The summed E-state index contributed by atoms with van der Waals surface area (Å²) in [5, 5.41) is 12.5. The first-order chi connectivity index (χ1) is 18.9. The number of benzene rings is 4. The molecule has 196 valence electrons. The Morgan fingerprint density at radius 2 is 1.49 bits per heavy atom. The van der Waals surface area contributed by atoms with Crippen molar-refractivity contribution in [2.24, 2.45) is 0 Å². The van der Waals surface area contributed by atoms with E-state index in [0.29, 0.717) is 41.7 Å². The lowest BCUT2D eigenvalue weighted by molar-refractivity contribution is -0.112. The van der Waals surface area contributed by atoms with Crippen molar-refractivity contribution in [3.05, 3.63) is 123 Å². The minimum Gasteiger partial charge on any atom is -0.497 e. The van der Waals surface area contributed by atoms with E-state index in [0.717, 1.165) is 21.2 Å². The third kappa shape index (κ3) is 7.97. The molecule has 7 heteroatoms. The van der Waals surface area contributed by atoms with Gasteiger partial charge in [0.1, 0.15) is 42.1 Å². The number of nitrogens with one attached hydrogen (secondary N) is 1. The second-order valence-electron chi connectivity index (χ2n) is 8.74. The molecular weight excluding hydrogens is 556 g/mol. The van der Waals surface area contributed by atoms with Gasteiger partial charge in [-0.3, -0.25) is 4.79 Å². The number of rotatable bonds is 10. The van der Waals surface area contributed by atoms with Crippen molar-refractivity contribution in [2.75, 3.05) is 12.4 Å². The van der Waals surface area contributed by atoms with Crippen molar-refractivity contribution in [2.45, 2.75) is 20.1 Å². The zero-order valence-corrected chi connectivity index (χ0v) is 23.2. The lowest BCUT2D eigenvalue weighted by Crippen LogP contribution is -2.13. The first kappa shape index (κ1) is 27.5. The first-order valence-electron chi connectivity index (χ1n) is 12.2. The molecule has 4 aromatic rings. The van der Waals surface area contributed by atoms with Crippen molar-refractivity contribution in [1.29, 1.82) is 5.26 Å². The number of hydrogen-bond acceptors (Lipinski definition) is 5. The Labute approximate surface area is 236 Å². The monoisotopic (exact) mass is 582 g/mol. The predicted octanol–water partition coefficient (Wildman–Crippen LogP) is 7.47. The fourth-order valence-electron chi connectivity index (χ4n) is 3.62. The molecule has 0 aliphatic carbocycles. The Morgan fingerprint density at radius 3 is 2.13 bits per heavy atom. The molecule has 0 heterocycles. The Morgan fingerprint density at radius 1 is 0.872 bits per heavy atom. The second-order valence-corrected chi connectivity index (χ2v) is 9.66. The average molecular weight is 583 g/mol. The quantitative estimate of drug-likeness (QED) is 0.155. The number of nitriles is 1. The van der Waals surface area contributed by atoms with Crippen molar-refractivity contribution >= 4 is 33.6 Å². The molecule has 0 bridgehead atoms. The second kappa shape index (κ2) is 13.3. The molecule has 0 aromatic heterocycles. The molecule has 4 aromatic carbocycles. The van der Waals surface area contributed by atoms with Crippen LogP contribution in [0, 0.1) is 18.3 Å². The molecule has 1 amide bonds. The van der Waals surface area contributed by atoms with Crippen LogP contribution in [0.3, 0.4) is 0 Å². The Balaban J connectivity index is 1.43. The van der Waals surface area contributed by atoms with Crippen LogP contribution in [0.5, 0.6) is 17.2 Å². The number of halogens is 1. The first-order valence-corrected chi connectivity index (χ1v) is 13.0. The number of carbonyl (C=O) groups excluding carboxylic acids is 1. The number of hydrogen-bond donors (Lipinski definition) is 1. The molecule has 0 radical (unpaired) electrons. The van der Waals surface area contributed by atoms with Gasteiger partial charge in [0.25, 0.3) is 5.91 Å². The van der Waals surface area contributed by atoms with Gasteiger partial charge in [0.15, 0.2) is 0 Å². The van der Waals surface area contributed by atoms with Crippen LogP contribution < -0.4 is 19.5 Å². The largest absolute Gasteiger partial charge is 0.497 e. The summed E-state index contributed by atoms with van der Waals surface area (Å²) < 4.78 is 18.2. The van der Waals surface area contributed by atoms with Gasteiger partial charge in [-0.1, -0.05) is 57.9 Å². The van der Waals surface area contributed by atoms with Gasteiger partial charge in [0.05, 0.1) is 7.11 Å². The average Bonchev–Trinajstić information content (AvgIpc) is 2.96. The minimum atomic E-state index is -0.527. The number of carbonyl (C=O) groups is 1. The van der Waals surface area contributed by atoms with E-state index in [9.17, 15) is 10.1 Å². The van der Waals surface area contributed by atoms with Crippen LogP contribution in [0.4, 0.5) is 5.69 Å².